The summed E-state index contributed by atoms with van der Waals surface area (Å²) >= 11 is 0. The molecular weight excluding hydrogens is 216 g/mol. The topological polar surface area (TPSA) is 74.7 Å². The average molecular weight is 234 g/mol. The third-order valence-electron chi connectivity index (χ3n) is 2.91. The highest BCUT2D eigenvalue weighted by molar-refractivity contribution is 5.80. The van der Waals surface area contributed by atoms with Crippen molar-refractivity contribution in [1.82, 2.24) is 4.98 Å². The van der Waals surface area contributed by atoms with Gasteiger partial charge >= 0.3 is 0 Å². The maximum Gasteiger partial charge on any atom is 0.140 e. The van der Waals surface area contributed by atoms with Crippen molar-refractivity contribution in [2.75, 3.05) is 11.4 Å². The zero-order chi connectivity index (χ0) is 12.3. The molecule has 1 fully saturated rings. The minimum atomic E-state index is 0.266. The Morgan fingerprint density at radius 3 is 2.88 bits per heavy atom. The lowest BCUT2D eigenvalue weighted by atomic mass is 10.3. The monoisotopic (exact) mass is 234 g/mol. The maximum absolute atomic E-state index is 8.54. The van der Waals surface area contributed by atoms with Crippen molar-refractivity contribution >= 4 is 11.7 Å². The van der Waals surface area contributed by atoms with Crippen LogP contribution in [0.5, 0.6) is 0 Å². The average Bonchev–Trinajstić information content (AvgIpc) is 3.15. The van der Waals surface area contributed by atoms with Crippen LogP contribution in [-0.2, 0) is 0 Å². The van der Waals surface area contributed by atoms with Gasteiger partial charge in [-0.15, -0.1) is 0 Å². The van der Waals surface area contributed by atoms with Gasteiger partial charge in [0.2, 0.25) is 0 Å². The molecule has 1 aliphatic rings. The van der Waals surface area contributed by atoms with Crippen molar-refractivity contribution in [2.24, 2.45) is 10.9 Å². The van der Waals surface area contributed by atoms with Gasteiger partial charge in [0.05, 0.1) is 0 Å². The van der Waals surface area contributed by atoms with E-state index in [-0.39, 0.29) is 5.84 Å². The molecule has 3 N–H and O–H groups in total. The van der Waals surface area contributed by atoms with E-state index < -0.39 is 0 Å². The number of hydrogen-bond donors (Lipinski definition) is 2. The van der Waals surface area contributed by atoms with E-state index in [0.29, 0.717) is 12.5 Å². The second kappa shape index (κ2) is 5.03. The van der Waals surface area contributed by atoms with Crippen molar-refractivity contribution < 1.29 is 5.21 Å². The van der Waals surface area contributed by atoms with Gasteiger partial charge < -0.3 is 15.8 Å². The van der Waals surface area contributed by atoms with Gasteiger partial charge in [0.25, 0.3) is 0 Å². The lowest BCUT2D eigenvalue weighted by Gasteiger charge is -2.23. The lowest BCUT2D eigenvalue weighted by Crippen LogP contribution is -2.30. The minimum Gasteiger partial charge on any atom is -0.409 e. The van der Waals surface area contributed by atoms with Crippen molar-refractivity contribution in [3.05, 3.63) is 23.9 Å². The van der Waals surface area contributed by atoms with Gasteiger partial charge in [-0.05, 0) is 31.4 Å². The van der Waals surface area contributed by atoms with E-state index in [1.807, 2.05) is 19.2 Å². The Morgan fingerprint density at radius 1 is 1.59 bits per heavy atom. The van der Waals surface area contributed by atoms with E-state index in [4.69, 9.17) is 10.9 Å². The molecule has 92 valence electrons. The van der Waals surface area contributed by atoms with Gasteiger partial charge in [-0.25, -0.2) is 4.98 Å². The van der Waals surface area contributed by atoms with Gasteiger partial charge in [-0.2, -0.15) is 0 Å². The molecule has 1 heterocycles. The molecule has 0 atom stereocenters. The number of nitrogens with zero attached hydrogens (tertiary/aromatic N) is 3. The Morgan fingerprint density at radius 2 is 2.35 bits per heavy atom. The highest BCUT2D eigenvalue weighted by Gasteiger charge is 2.29. The number of rotatable bonds is 5. The van der Waals surface area contributed by atoms with Crippen LogP contribution < -0.4 is 10.6 Å². The van der Waals surface area contributed by atoms with Crippen LogP contribution in [0, 0.1) is 6.92 Å². The lowest BCUT2D eigenvalue weighted by molar-refractivity contribution is 0.317. The number of anilines is 1. The molecule has 5 nitrogen and oxygen atoms in total. The fourth-order valence-corrected chi connectivity index (χ4v) is 1.79. The number of amidine groups is 1. The van der Waals surface area contributed by atoms with Crippen molar-refractivity contribution in [1.29, 1.82) is 0 Å². The second-order valence-corrected chi connectivity index (χ2v) is 4.46. The molecule has 0 unspecified atom stereocenters. The molecule has 1 aliphatic carbocycles. The Bertz CT molecular complexity index is 397. The molecule has 5 heteroatoms. The Kier molecular flexibility index (Phi) is 3.46. The van der Waals surface area contributed by atoms with Crippen LogP contribution >= 0.6 is 0 Å². The summed E-state index contributed by atoms with van der Waals surface area (Å²) < 4.78 is 0. The quantitative estimate of drug-likeness (QED) is 0.350. The fourth-order valence-electron chi connectivity index (χ4n) is 1.79. The Balaban J connectivity index is 2.04. The van der Waals surface area contributed by atoms with E-state index in [2.05, 4.69) is 21.1 Å². The first-order valence-electron chi connectivity index (χ1n) is 5.86. The van der Waals surface area contributed by atoms with E-state index in [1.165, 1.54) is 12.8 Å². The van der Waals surface area contributed by atoms with Crippen LogP contribution in [0.25, 0.3) is 0 Å². The van der Waals surface area contributed by atoms with Crippen LogP contribution in [0.1, 0.15) is 24.8 Å². The number of pyridine rings is 1. The summed E-state index contributed by atoms with van der Waals surface area (Å²) in [4.78, 5) is 6.66. The van der Waals surface area contributed by atoms with E-state index in [1.54, 1.807) is 0 Å². The summed E-state index contributed by atoms with van der Waals surface area (Å²) in [6.07, 6.45) is 4.83. The molecule has 0 aromatic carbocycles. The highest BCUT2D eigenvalue weighted by Crippen LogP contribution is 2.30. The third kappa shape index (κ3) is 3.09. The van der Waals surface area contributed by atoms with Crippen LogP contribution in [0.15, 0.2) is 23.5 Å². The van der Waals surface area contributed by atoms with Crippen LogP contribution in [0.2, 0.25) is 0 Å². The number of aromatic nitrogens is 1. The zero-order valence-electron chi connectivity index (χ0n) is 10.0. The molecule has 0 radical (unpaired) electrons. The van der Waals surface area contributed by atoms with E-state index >= 15 is 0 Å². The highest BCUT2D eigenvalue weighted by atomic mass is 16.4. The molecule has 0 amide bonds. The zero-order valence-corrected chi connectivity index (χ0v) is 10.0. The SMILES string of the molecule is Cc1ccc(N(CC/C(N)=N/O)C2CC2)nc1. The molecule has 0 saturated heterocycles. The predicted molar refractivity (Wildman–Crippen MR) is 67.4 cm³/mol. The first kappa shape index (κ1) is 11.7. The van der Waals surface area contributed by atoms with Gasteiger partial charge in [-0.3, -0.25) is 0 Å². The summed E-state index contributed by atoms with van der Waals surface area (Å²) in [6, 6.07) is 4.65. The Hall–Kier alpha value is -1.78. The fraction of sp³-hybridized carbons (Fsp3) is 0.500. The molecular formula is C12H18N4O. The second-order valence-electron chi connectivity index (χ2n) is 4.46. The van der Waals surface area contributed by atoms with Gasteiger partial charge in [0.1, 0.15) is 11.7 Å². The molecule has 0 spiro atoms. The van der Waals surface area contributed by atoms with Gasteiger partial charge in [0.15, 0.2) is 0 Å². The molecule has 0 aliphatic heterocycles. The standard InChI is InChI=1S/C12H18N4O/c1-9-2-5-12(14-8-9)16(10-3-4-10)7-6-11(13)15-17/h2,5,8,10,17H,3-4,6-7H2,1H3,(H2,13,15). The summed E-state index contributed by atoms with van der Waals surface area (Å²) in [6.45, 7) is 2.77. The molecule has 1 aromatic rings. The third-order valence-corrected chi connectivity index (χ3v) is 2.91. The number of aryl methyl sites for hydroxylation is 1. The molecule has 17 heavy (non-hydrogen) atoms. The predicted octanol–water partition coefficient (Wildman–Crippen LogP) is 1.50. The van der Waals surface area contributed by atoms with Gasteiger partial charge in [-0.1, -0.05) is 11.2 Å². The number of nitrogens with two attached hydrogens (primary N) is 1. The molecule has 0 bridgehead atoms. The summed E-state index contributed by atoms with van der Waals surface area (Å²) in [7, 11) is 0. The molecule has 1 aromatic heterocycles. The number of oxime groups is 1. The van der Waals surface area contributed by atoms with Crippen LogP contribution in [-0.4, -0.2) is 28.6 Å². The maximum atomic E-state index is 8.54. The van der Waals surface area contributed by atoms with Crippen molar-refractivity contribution in [3.8, 4) is 0 Å². The summed E-state index contributed by atoms with van der Waals surface area (Å²) in [5, 5.41) is 11.5. The van der Waals surface area contributed by atoms with Crippen LogP contribution in [0.4, 0.5) is 5.82 Å². The minimum absolute atomic E-state index is 0.266. The summed E-state index contributed by atoms with van der Waals surface area (Å²) in [5.41, 5.74) is 6.65. The van der Waals surface area contributed by atoms with Crippen LogP contribution in [0.3, 0.4) is 0 Å². The molecule has 2 rings (SSSR count). The Labute approximate surface area is 101 Å². The summed E-state index contributed by atoms with van der Waals surface area (Å²) in [5.74, 6) is 1.24. The molecule has 1 saturated carbocycles. The normalized spacial score (nSPS) is 15.9. The smallest absolute Gasteiger partial charge is 0.140 e. The van der Waals surface area contributed by atoms with Crippen molar-refractivity contribution in [2.45, 2.75) is 32.2 Å². The van der Waals surface area contributed by atoms with E-state index in [0.717, 1.165) is 17.9 Å². The largest absolute Gasteiger partial charge is 0.409 e. The van der Waals surface area contributed by atoms with E-state index in [9.17, 15) is 0 Å². The first-order valence-corrected chi connectivity index (χ1v) is 5.86. The van der Waals surface area contributed by atoms with Crippen molar-refractivity contribution in [3.63, 3.8) is 0 Å². The van der Waals surface area contributed by atoms with Gasteiger partial charge in [0, 0.05) is 25.2 Å². The number of hydrogen-bond acceptors (Lipinski definition) is 4. The first-order chi connectivity index (χ1) is 8.20.